The molecule has 0 aliphatic carbocycles. The molecule has 7 nitrogen and oxygen atoms in total. The maximum atomic E-state index is 11.0. The molecule has 1 unspecified atom stereocenters. The maximum absolute atomic E-state index is 11.0. The highest BCUT2D eigenvalue weighted by Gasteiger charge is 2.24. The largest absolute Gasteiger partial charge is 0.370 e. The number of morpholine rings is 1. The van der Waals surface area contributed by atoms with Gasteiger partial charge in [-0.25, -0.2) is 4.98 Å². The molecule has 7 heteroatoms. The zero-order valence-electron chi connectivity index (χ0n) is 14.0. The monoisotopic (exact) mass is 330 g/mol. The lowest BCUT2D eigenvalue weighted by Crippen LogP contribution is -2.40. The highest BCUT2D eigenvalue weighted by molar-refractivity contribution is 5.73. The third kappa shape index (κ3) is 3.63. The summed E-state index contributed by atoms with van der Waals surface area (Å²) in [6.07, 6.45) is 0.242. The van der Waals surface area contributed by atoms with Gasteiger partial charge in [-0.1, -0.05) is 11.2 Å². The van der Waals surface area contributed by atoms with Gasteiger partial charge in [0.1, 0.15) is 11.9 Å². The average Bonchev–Trinajstić information content (AvgIpc) is 2.92. The lowest BCUT2D eigenvalue weighted by atomic mass is 10.1. The van der Waals surface area contributed by atoms with Crippen LogP contribution in [0, 0.1) is 13.8 Å². The molecule has 0 aromatic carbocycles. The molecule has 0 bridgehead atoms. The normalized spacial score (nSPS) is 18.7. The Morgan fingerprint density at radius 1 is 1.42 bits per heavy atom. The van der Waals surface area contributed by atoms with Crippen molar-refractivity contribution in [1.29, 1.82) is 0 Å². The first-order valence-corrected chi connectivity index (χ1v) is 8.07. The fraction of sp³-hybridized carbons (Fsp3) is 0.471. The number of aromatic nitrogens is 2. The Kier molecular flexibility index (Phi) is 4.92. The molecule has 0 saturated carbocycles. The van der Waals surface area contributed by atoms with Gasteiger partial charge in [-0.15, -0.1) is 0 Å². The Hall–Kier alpha value is -2.25. The van der Waals surface area contributed by atoms with Gasteiger partial charge in [-0.3, -0.25) is 9.69 Å². The van der Waals surface area contributed by atoms with Crippen LogP contribution in [-0.4, -0.2) is 47.2 Å². The van der Waals surface area contributed by atoms with Crippen LogP contribution >= 0.6 is 0 Å². The molecule has 1 aliphatic rings. The molecule has 2 aromatic rings. The number of hydrogen-bond acceptors (Lipinski definition) is 6. The summed E-state index contributed by atoms with van der Waals surface area (Å²) in [5.74, 6) is 0.473. The molecule has 3 heterocycles. The van der Waals surface area contributed by atoms with Crippen LogP contribution in [0.5, 0.6) is 0 Å². The smallest absolute Gasteiger partial charge is 0.218 e. The number of pyridine rings is 1. The molecule has 128 valence electrons. The molecule has 3 rings (SSSR count). The summed E-state index contributed by atoms with van der Waals surface area (Å²) in [6, 6.07) is 5.88. The summed E-state index contributed by atoms with van der Waals surface area (Å²) in [6.45, 7) is 6.55. The minimum Gasteiger partial charge on any atom is -0.370 e. The Balaban J connectivity index is 1.77. The topological polar surface area (TPSA) is 94.5 Å². The van der Waals surface area contributed by atoms with Crippen LogP contribution in [0.3, 0.4) is 0 Å². The number of aryl methyl sites for hydroxylation is 2. The predicted molar refractivity (Wildman–Crippen MR) is 88.2 cm³/mol. The van der Waals surface area contributed by atoms with Crippen LogP contribution in [0.1, 0.15) is 29.7 Å². The van der Waals surface area contributed by atoms with Gasteiger partial charge in [0, 0.05) is 26.1 Å². The number of amides is 1. The van der Waals surface area contributed by atoms with Crippen molar-refractivity contribution in [2.24, 2.45) is 5.73 Å². The van der Waals surface area contributed by atoms with Crippen molar-refractivity contribution in [3.05, 3.63) is 35.3 Å². The predicted octanol–water partition coefficient (Wildman–Crippen LogP) is 1.60. The lowest BCUT2D eigenvalue weighted by molar-refractivity contribution is -0.118. The van der Waals surface area contributed by atoms with Crippen molar-refractivity contribution in [3.8, 4) is 11.3 Å². The summed E-state index contributed by atoms with van der Waals surface area (Å²) in [7, 11) is 0. The number of nitrogens with two attached hydrogens (primary N) is 1. The highest BCUT2D eigenvalue weighted by Crippen LogP contribution is 2.28. The molecular weight excluding hydrogens is 308 g/mol. The molecule has 0 radical (unpaired) electrons. The SMILES string of the molecule is Cc1noc(C)c1-c1cccc(C2CN(CCC(N)=O)CCO2)n1. The van der Waals surface area contributed by atoms with E-state index in [4.69, 9.17) is 20.0 Å². The van der Waals surface area contributed by atoms with Gasteiger partial charge in [0.05, 0.1) is 29.3 Å². The molecule has 1 fully saturated rings. The molecule has 0 spiro atoms. The lowest BCUT2D eigenvalue weighted by Gasteiger charge is -2.32. The fourth-order valence-corrected chi connectivity index (χ4v) is 2.97. The Labute approximate surface area is 140 Å². The molecule has 1 saturated heterocycles. The molecular formula is C17H22N4O3. The van der Waals surface area contributed by atoms with Crippen molar-refractivity contribution in [3.63, 3.8) is 0 Å². The first-order chi connectivity index (χ1) is 11.5. The summed E-state index contributed by atoms with van der Waals surface area (Å²) in [5.41, 5.74) is 8.69. The average molecular weight is 330 g/mol. The van der Waals surface area contributed by atoms with Crippen LogP contribution in [0.15, 0.2) is 22.7 Å². The third-order valence-corrected chi connectivity index (χ3v) is 4.22. The first-order valence-electron chi connectivity index (χ1n) is 8.07. The fourth-order valence-electron chi connectivity index (χ4n) is 2.97. The van der Waals surface area contributed by atoms with E-state index >= 15 is 0 Å². The van der Waals surface area contributed by atoms with Gasteiger partial charge in [0.2, 0.25) is 5.91 Å². The summed E-state index contributed by atoms with van der Waals surface area (Å²) < 4.78 is 11.1. The second-order valence-corrected chi connectivity index (χ2v) is 6.02. The molecule has 1 aliphatic heterocycles. The van der Waals surface area contributed by atoms with Crippen LogP contribution in [0.25, 0.3) is 11.3 Å². The minimum absolute atomic E-state index is 0.118. The van der Waals surface area contributed by atoms with Crippen molar-refractivity contribution in [2.75, 3.05) is 26.2 Å². The van der Waals surface area contributed by atoms with Gasteiger partial charge in [-0.2, -0.15) is 0 Å². The van der Waals surface area contributed by atoms with Crippen LogP contribution < -0.4 is 5.73 Å². The molecule has 1 atom stereocenters. The first kappa shape index (κ1) is 16.6. The molecule has 2 aromatic heterocycles. The molecule has 1 amide bonds. The number of nitrogens with zero attached hydrogens (tertiary/aromatic N) is 3. The van der Waals surface area contributed by atoms with Gasteiger partial charge in [0.25, 0.3) is 0 Å². The number of primary amides is 1. The zero-order chi connectivity index (χ0) is 17.1. The third-order valence-electron chi connectivity index (χ3n) is 4.22. The second kappa shape index (κ2) is 7.11. The van der Waals surface area contributed by atoms with E-state index in [1.165, 1.54) is 0 Å². The van der Waals surface area contributed by atoms with E-state index in [0.717, 1.165) is 35.0 Å². The van der Waals surface area contributed by atoms with E-state index < -0.39 is 0 Å². The number of rotatable bonds is 5. The van der Waals surface area contributed by atoms with Crippen LogP contribution in [0.2, 0.25) is 0 Å². The second-order valence-electron chi connectivity index (χ2n) is 6.02. The summed E-state index contributed by atoms with van der Waals surface area (Å²) in [5, 5.41) is 3.99. The van der Waals surface area contributed by atoms with Crippen molar-refractivity contribution in [2.45, 2.75) is 26.4 Å². The van der Waals surface area contributed by atoms with Gasteiger partial charge in [0.15, 0.2) is 0 Å². The van der Waals surface area contributed by atoms with E-state index in [2.05, 4.69) is 10.1 Å². The van der Waals surface area contributed by atoms with Gasteiger partial charge in [-0.05, 0) is 26.0 Å². The Bertz CT molecular complexity index is 709. The summed E-state index contributed by atoms with van der Waals surface area (Å²) >= 11 is 0. The number of carbonyl (C=O) groups excluding carboxylic acids is 1. The van der Waals surface area contributed by atoms with E-state index in [0.29, 0.717) is 26.1 Å². The van der Waals surface area contributed by atoms with Gasteiger partial charge >= 0.3 is 0 Å². The number of hydrogen-bond donors (Lipinski definition) is 1. The Morgan fingerprint density at radius 2 is 2.25 bits per heavy atom. The van der Waals surface area contributed by atoms with Crippen molar-refractivity contribution < 1.29 is 14.1 Å². The zero-order valence-corrected chi connectivity index (χ0v) is 14.0. The van der Waals surface area contributed by atoms with E-state index in [1.807, 2.05) is 32.0 Å². The molecule has 2 N–H and O–H groups in total. The van der Waals surface area contributed by atoms with E-state index in [9.17, 15) is 4.79 Å². The quantitative estimate of drug-likeness (QED) is 0.895. The van der Waals surface area contributed by atoms with E-state index in [1.54, 1.807) is 0 Å². The Morgan fingerprint density at radius 3 is 2.96 bits per heavy atom. The van der Waals surface area contributed by atoms with Crippen LogP contribution in [-0.2, 0) is 9.53 Å². The van der Waals surface area contributed by atoms with E-state index in [-0.39, 0.29) is 12.0 Å². The standard InChI is InChI=1S/C17H22N4O3/c1-11-17(12(2)24-20-11)14-5-3-4-13(19-14)15-10-21(8-9-23-15)7-6-16(18)22/h3-5,15H,6-10H2,1-2H3,(H2,18,22). The maximum Gasteiger partial charge on any atom is 0.218 e. The van der Waals surface area contributed by atoms with Crippen molar-refractivity contribution in [1.82, 2.24) is 15.0 Å². The highest BCUT2D eigenvalue weighted by atomic mass is 16.5. The van der Waals surface area contributed by atoms with Gasteiger partial charge < -0.3 is 15.0 Å². The number of ether oxygens (including phenoxy) is 1. The minimum atomic E-state index is -0.281. The number of carbonyl (C=O) groups is 1. The van der Waals surface area contributed by atoms with Crippen LogP contribution in [0.4, 0.5) is 0 Å². The molecule has 24 heavy (non-hydrogen) atoms. The van der Waals surface area contributed by atoms with Crippen molar-refractivity contribution >= 4 is 5.91 Å². The summed E-state index contributed by atoms with van der Waals surface area (Å²) in [4.78, 5) is 17.9.